The number of ether oxygens (including phenoxy) is 4. The molecule has 0 aliphatic carbocycles. The third-order valence-corrected chi connectivity index (χ3v) is 3.94. The second-order valence-corrected chi connectivity index (χ2v) is 6.32. The molecular weight excluding hydrogens is 364 g/mol. The molecule has 0 aromatic carbocycles. The Morgan fingerprint density at radius 1 is 0.926 bits per heavy atom. The highest BCUT2D eigenvalue weighted by atomic mass is 16.7. The van der Waals surface area contributed by atoms with Crippen LogP contribution in [0.25, 0.3) is 0 Å². The van der Waals surface area contributed by atoms with E-state index in [9.17, 15) is 30.0 Å². The monoisotopic (exact) mass is 394 g/mol. The molecule has 10 heteroatoms. The van der Waals surface area contributed by atoms with Gasteiger partial charge in [-0.2, -0.15) is 0 Å². The maximum atomic E-state index is 11.6. The van der Waals surface area contributed by atoms with Crippen molar-refractivity contribution in [1.29, 1.82) is 0 Å². The number of aliphatic hydroxyl groups excluding tert-OH is 4. The number of aliphatic hydroxyl groups is 4. The van der Waals surface area contributed by atoms with Gasteiger partial charge < -0.3 is 39.4 Å². The molecule has 10 nitrogen and oxygen atoms in total. The van der Waals surface area contributed by atoms with E-state index in [1.807, 2.05) is 13.8 Å². The van der Waals surface area contributed by atoms with Crippen LogP contribution >= 0.6 is 0 Å². The van der Waals surface area contributed by atoms with Gasteiger partial charge in [0, 0.05) is 12.8 Å². The van der Waals surface area contributed by atoms with Crippen molar-refractivity contribution >= 4 is 11.9 Å². The molecule has 1 heterocycles. The molecule has 158 valence electrons. The number of esters is 2. The molecule has 0 bridgehead atoms. The average Bonchev–Trinajstić information content (AvgIpc) is 2.64. The molecule has 0 spiro atoms. The van der Waals surface area contributed by atoms with E-state index < -0.39 is 55.4 Å². The van der Waals surface area contributed by atoms with Gasteiger partial charge in [0.1, 0.15) is 43.7 Å². The van der Waals surface area contributed by atoms with Crippen LogP contribution in [0.1, 0.15) is 39.5 Å². The van der Waals surface area contributed by atoms with E-state index in [1.54, 1.807) is 0 Å². The first-order valence-electron chi connectivity index (χ1n) is 9.11. The fourth-order valence-electron chi connectivity index (χ4n) is 2.42. The molecule has 0 aromatic rings. The minimum atomic E-state index is -1.61. The topological polar surface area (TPSA) is 152 Å². The zero-order valence-corrected chi connectivity index (χ0v) is 15.7. The van der Waals surface area contributed by atoms with Crippen molar-refractivity contribution in [3.8, 4) is 0 Å². The Morgan fingerprint density at radius 2 is 1.44 bits per heavy atom. The van der Waals surface area contributed by atoms with Crippen LogP contribution in [0.2, 0.25) is 0 Å². The van der Waals surface area contributed by atoms with Gasteiger partial charge in [-0.05, 0) is 12.8 Å². The van der Waals surface area contributed by atoms with Crippen molar-refractivity contribution in [2.45, 2.75) is 76.3 Å². The van der Waals surface area contributed by atoms with E-state index >= 15 is 0 Å². The SMILES string of the molecule is CCCC(=O)OCC(COC(=O)CCC)O[C@@H]1O[C@H](CO)[C@@H](O)[C@H](O)[C@H]1O. The van der Waals surface area contributed by atoms with Gasteiger partial charge in [0.2, 0.25) is 0 Å². The molecule has 1 rings (SSSR count). The molecule has 1 aliphatic heterocycles. The van der Waals surface area contributed by atoms with Crippen molar-refractivity contribution in [1.82, 2.24) is 0 Å². The summed E-state index contributed by atoms with van der Waals surface area (Å²) >= 11 is 0. The molecule has 0 radical (unpaired) electrons. The average molecular weight is 394 g/mol. The van der Waals surface area contributed by atoms with E-state index in [1.165, 1.54) is 0 Å². The zero-order valence-electron chi connectivity index (χ0n) is 15.7. The lowest BCUT2D eigenvalue weighted by Crippen LogP contribution is -2.60. The van der Waals surface area contributed by atoms with Gasteiger partial charge in [-0.25, -0.2) is 0 Å². The van der Waals surface area contributed by atoms with Crippen molar-refractivity contribution in [3.05, 3.63) is 0 Å². The van der Waals surface area contributed by atoms with Crippen LogP contribution in [0.3, 0.4) is 0 Å². The van der Waals surface area contributed by atoms with E-state index in [4.69, 9.17) is 18.9 Å². The standard InChI is InChI=1S/C17H30O10/c1-3-5-12(19)24-8-10(9-25-13(20)6-4-2)26-17-16(23)15(22)14(21)11(7-18)27-17/h10-11,14-18,21-23H,3-9H2,1-2H3/t11-,14-,15+,16-,17-/m1/s1. The van der Waals surface area contributed by atoms with Gasteiger partial charge in [-0.3, -0.25) is 9.59 Å². The van der Waals surface area contributed by atoms with Gasteiger partial charge in [0.25, 0.3) is 0 Å². The fraction of sp³-hybridized carbons (Fsp3) is 0.882. The Kier molecular flexibility index (Phi) is 10.7. The van der Waals surface area contributed by atoms with Gasteiger partial charge in [-0.15, -0.1) is 0 Å². The predicted octanol–water partition coefficient (Wildman–Crippen LogP) is -1.14. The molecule has 1 fully saturated rings. The van der Waals surface area contributed by atoms with Crippen molar-refractivity contribution in [2.75, 3.05) is 19.8 Å². The molecule has 27 heavy (non-hydrogen) atoms. The summed E-state index contributed by atoms with van der Waals surface area (Å²) in [4.78, 5) is 23.1. The highest BCUT2D eigenvalue weighted by Gasteiger charge is 2.45. The Bertz CT molecular complexity index is 433. The van der Waals surface area contributed by atoms with Gasteiger partial charge in [-0.1, -0.05) is 13.8 Å². The van der Waals surface area contributed by atoms with Crippen LogP contribution in [0, 0.1) is 0 Å². The lowest BCUT2D eigenvalue weighted by molar-refractivity contribution is -0.315. The summed E-state index contributed by atoms with van der Waals surface area (Å²) in [5.41, 5.74) is 0. The van der Waals surface area contributed by atoms with Crippen LogP contribution in [0.15, 0.2) is 0 Å². The van der Waals surface area contributed by atoms with Gasteiger partial charge in [0.05, 0.1) is 6.61 Å². The van der Waals surface area contributed by atoms with Crippen LogP contribution in [0.4, 0.5) is 0 Å². The first kappa shape index (κ1) is 23.7. The largest absolute Gasteiger partial charge is 0.463 e. The number of hydrogen-bond donors (Lipinski definition) is 4. The first-order chi connectivity index (χ1) is 12.8. The first-order valence-corrected chi connectivity index (χ1v) is 9.11. The lowest BCUT2D eigenvalue weighted by Gasteiger charge is -2.40. The smallest absolute Gasteiger partial charge is 0.305 e. The third kappa shape index (κ3) is 7.68. The minimum Gasteiger partial charge on any atom is -0.463 e. The fourth-order valence-corrected chi connectivity index (χ4v) is 2.42. The van der Waals surface area contributed by atoms with E-state index in [0.29, 0.717) is 12.8 Å². The second kappa shape index (κ2) is 12.2. The summed E-state index contributed by atoms with van der Waals surface area (Å²) < 4.78 is 20.9. The Morgan fingerprint density at radius 3 is 1.89 bits per heavy atom. The lowest BCUT2D eigenvalue weighted by atomic mass is 9.99. The van der Waals surface area contributed by atoms with Crippen LogP contribution < -0.4 is 0 Å². The summed E-state index contributed by atoms with van der Waals surface area (Å²) in [6.07, 6.45) is -6.63. The summed E-state index contributed by atoms with van der Waals surface area (Å²) in [5, 5.41) is 38.9. The Balaban J connectivity index is 2.71. The number of hydrogen-bond acceptors (Lipinski definition) is 10. The molecule has 0 saturated carbocycles. The molecular formula is C17H30O10. The highest BCUT2D eigenvalue weighted by Crippen LogP contribution is 2.23. The van der Waals surface area contributed by atoms with Crippen molar-refractivity contribution < 1.29 is 49.0 Å². The predicted molar refractivity (Wildman–Crippen MR) is 90.4 cm³/mol. The summed E-state index contributed by atoms with van der Waals surface area (Å²) in [6, 6.07) is 0. The molecule has 4 N–H and O–H groups in total. The molecule has 0 unspecified atom stereocenters. The molecule has 1 saturated heterocycles. The highest BCUT2D eigenvalue weighted by molar-refractivity contribution is 5.69. The number of carbonyl (C=O) groups excluding carboxylic acids is 2. The molecule has 0 aromatic heterocycles. The maximum absolute atomic E-state index is 11.6. The minimum absolute atomic E-state index is 0.211. The van der Waals surface area contributed by atoms with Crippen LogP contribution in [-0.4, -0.2) is 89.0 Å². The number of carbonyl (C=O) groups is 2. The normalized spacial score (nSPS) is 28.2. The van der Waals surface area contributed by atoms with Crippen LogP contribution in [-0.2, 0) is 28.5 Å². The maximum Gasteiger partial charge on any atom is 0.305 e. The number of rotatable bonds is 11. The quantitative estimate of drug-likeness (QED) is 0.316. The molecule has 0 amide bonds. The summed E-state index contributed by atoms with van der Waals surface area (Å²) in [6.45, 7) is 2.51. The third-order valence-electron chi connectivity index (χ3n) is 3.94. The van der Waals surface area contributed by atoms with E-state index in [2.05, 4.69) is 0 Å². The van der Waals surface area contributed by atoms with E-state index in [-0.39, 0.29) is 26.1 Å². The van der Waals surface area contributed by atoms with Crippen molar-refractivity contribution in [2.24, 2.45) is 0 Å². The summed E-state index contributed by atoms with van der Waals surface area (Å²) in [7, 11) is 0. The Hall–Kier alpha value is -1.30. The zero-order chi connectivity index (χ0) is 20.4. The Labute approximate surface area is 158 Å². The van der Waals surface area contributed by atoms with E-state index in [0.717, 1.165) is 0 Å². The molecule has 1 aliphatic rings. The van der Waals surface area contributed by atoms with Crippen LogP contribution in [0.5, 0.6) is 0 Å². The van der Waals surface area contributed by atoms with Gasteiger partial charge in [0.15, 0.2) is 6.29 Å². The van der Waals surface area contributed by atoms with Crippen molar-refractivity contribution in [3.63, 3.8) is 0 Å². The molecule has 5 atom stereocenters. The van der Waals surface area contributed by atoms with Gasteiger partial charge >= 0.3 is 11.9 Å². The second-order valence-electron chi connectivity index (χ2n) is 6.32. The summed E-state index contributed by atoms with van der Waals surface area (Å²) in [5.74, 6) is -0.917.